The Hall–Kier alpha value is -2.38. The van der Waals surface area contributed by atoms with E-state index in [0.29, 0.717) is 34.6 Å². The Morgan fingerprint density at radius 3 is 2.52 bits per heavy atom. The molecule has 2 aromatic rings. The SMILES string of the molecule is O=C(CN1CCN(S(=O)(=O)c2ccc(Cl)s2)CC1)NC(=O)Nc1ccc2c(c1)OCO2. The van der Waals surface area contributed by atoms with Crippen LogP contribution in [0.5, 0.6) is 11.5 Å². The van der Waals surface area contributed by atoms with E-state index in [2.05, 4.69) is 10.6 Å². The fourth-order valence-electron chi connectivity index (χ4n) is 3.20. The van der Waals surface area contributed by atoms with Crippen LogP contribution < -0.4 is 20.1 Å². The fourth-order valence-corrected chi connectivity index (χ4v) is 6.26. The molecule has 1 fully saturated rings. The highest BCUT2D eigenvalue weighted by molar-refractivity contribution is 7.91. The number of benzene rings is 1. The molecule has 10 nitrogen and oxygen atoms in total. The van der Waals surface area contributed by atoms with Crippen molar-refractivity contribution in [2.24, 2.45) is 0 Å². The molecule has 2 N–H and O–H groups in total. The summed E-state index contributed by atoms with van der Waals surface area (Å²) < 4.78 is 37.7. The van der Waals surface area contributed by atoms with E-state index in [-0.39, 0.29) is 30.6 Å². The minimum Gasteiger partial charge on any atom is -0.454 e. The predicted molar refractivity (Wildman–Crippen MR) is 114 cm³/mol. The van der Waals surface area contributed by atoms with Gasteiger partial charge in [-0.2, -0.15) is 4.31 Å². The molecule has 13 heteroatoms. The molecular weight excluding hydrogens is 468 g/mol. The van der Waals surface area contributed by atoms with E-state index in [1.165, 1.54) is 10.4 Å². The van der Waals surface area contributed by atoms with Crippen molar-refractivity contribution in [3.05, 3.63) is 34.7 Å². The monoisotopic (exact) mass is 486 g/mol. The van der Waals surface area contributed by atoms with Crippen molar-refractivity contribution in [2.75, 3.05) is 44.8 Å². The second kappa shape index (κ2) is 9.01. The molecule has 1 aromatic carbocycles. The number of nitrogens with zero attached hydrogens (tertiary/aromatic N) is 2. The lowest BCUT2D eigenvalue weighted by Gasteiger charge is -2.33. The Labute approximate surface area is 187 Å². The summed E-state index contributed by atoms with van der Waals surface area (Å²) in [5.41, 5.74) is 0.460. The largest absolute Gasteiger partial charge is 0.454 e. The van der Waals surface area contributed by atoms with Gasteiger partial charge >= 0.3 is 6.03 Å². The minimum atomic E-state index is -3.59. The van der Waals surface area contributed by atoms with Gasteiger partial charge in [0, 0.05) is 37.9 Å². The maximum Gasteiger partial charge on any atom is 0.325 e. The number of rotatable bonds is 5. The number of urea groups is 1. The molecule has 0 atom stereocenters. The third kappa shape index (κ3) is 5.10. The lowest BCUT2D eigenvalue weighted by molar-refractivity contribution is -0.121. The van der Waals surface area contributed by atoms with Gasteiger partial charge in [0.05, 0.1) is 10.9 Å². The van der Waals surface area contributed by atoms with Gasteiger partial charge in [-0.3, -0.25) is 15.0 Å². The summed E-state index contributed by atoms with van der Waals surface area (Å²) in [4.78, 5) is 26.1. The number of nitrogens with one attached hydrogen (secondary N) is 2. The van der Waals surface area contributed by atoms with Crippen molar-refractivity contribution in [2.45, 2.75) is 4.21 Å². The highest BCUT2D eigenvalue weighted by Gasteiger charge is 2.30. The standard InChI is InChI=1S/C18H19ClN4O6S2/c19-15-3-4-17(30-15)31(26,27)23-7-5-22(6-8-23)10-16(24)21-18(25)20-12-1-2-13-14(9-12)29-11-28-13/h1-4,9H,5-8,10-11H2,(H2,20,21,24,25). The lowest BCUT2D eigenvalue weighted by atomic mass is 10.3. The average Bonchev–Trinajstić information content (AvgIpc) is 3.37. The van der Waals surface area contributed by atoms with Crippen LogP contribution in [-0.2, 0) is 14.8 Å². The summed E-state index contributed by atoms with van der Waals surface area (Å²) in [6.07, 6.45) is 0. The molecular formula is C18H19ClN4O6S2. The first-order valence-corrected chi connectivity index (χ1v) is 11.9. The van der Waals surface area contributed by atoms with Crippen molar-refractivity contribution >= 4 is 50.6 Å². The first-order chi connectivity index (χ1) is 14.8. The molecule has 4 rings (SSSR count). The molecule has 0 unspecified atom stereocenters. The molecule has 1 saturated heterocycles. The number of carbonyl (C=O) groups is 2. The molecule has 3 amide bonds. The molecule has 0 aliphatic carbocycles. The van der Waals surface area contributed by atoms with Gasteiger partial charge in [-0.25, -0.2) is 13.2 Å². The summed E-state index contributed by atoms with van der Waals surface area (Å²) in [7, 11) is -3.59. The molecule has 0 saturated carbocycles. The number of fused-ring (bicyclic) bond motifs is 1. The van der Waals surface area contributed by atoms with E-state index < -0.39 is 22.0 Å². The molecule has 0 bridgehead atoms. The summed E-state index contributed by atoms with van der Waals surface area (Å²) in [5.74, 6) is 0.617. The maximum atomic E-state index is 12.6. The van der Waals surface area contributed by atoms with Crippen LogP contribution >= 0.6 is 22.9 Å². The van der Waals surface area contributed by atoms with E-state index in [1.807, 2.05) is 0 Å². The van der Waals surface area contributed by atoms with Crippen molar-refractivity contribution < 1.29 is 27.5 Å². The Kier molecular flexibility index (Phi) is 6.34. The molecule has 2 aliphatic heterocycles. The second-order valence-electron chi connectivity index (χ2n) is 6.81. The zero-order valence-corrected chi connectivity index (χ0v) is 18.6. The summed E-state index contributed by atoms with van der Waals surface area (Å²) in [5, 5.41) is 4.83. The van der Waals surface area contributed by atoms with Crippen LogP contribution in [0, 0.1) is 0 Å². The number of carbonyl (C=O) groups excluding carboxylic acids is 2. The second-order valence-corrected chi connectivity index (χ2v) is 10.7. The lowest BCUT2D eigenvalue weighted by Crippen LogP contribution is -2.51. The predicted octanol–water partition coefficient (Wildman–Crippen LogP) is 1.78. The Morgan fingerprint density at radius 1 is 1.06 bits per heavy atom. The number of sulfonamides is 1. The van der Waals surface area contributed by atoms with Crippen molar-refractivity contribution in [3.8, 4) is 11.5 Å². The Balaban J connectivity index is 1.24. The Morgan fingerprint density at radius 2 is 1.81 bits per heavy atom. The van der Waals surface area contributed by atoms with E-state index in [0.717, 1.165) is 11.3 Å². The number of thiophene rings is 1. The van der Waals surface area contributed by atoms with Gasteiger partial charge < -0.3 is 14.8 Å². The van der Waals surface area contributed by atoms with E-state index in [9.17, 15) is 18.0 Å². The molecule has 31 heavy (non-hydrogen) atoms. The van der Waals surface area contributed by atoms with Crippen molar-refractivity contribution in [1.82, 2.24) is 14.5 Å². The van der Waals surface area contributed by atoms with Crippen LogP contribution in [0.3, 0.4) is 0 Å². The number of piperazine rings is 1. The molecule has 1 aromatic heterocycles. The average molecular weight is 487 g/mol. The normalized spacial score (nSPS) is 16.8. The minimum absolute atomic E-state index is 0.0206. The zero-order valence-electron chi connectivity index (χ0n) is 16.2. The van der Waals surface area contributed by atoms with Crippen LogP contribution in [0.4, 0.5) is 10.5 Å². The van der Waals surface area contributed by atoms with E-state index in [1.54, 1.807) is 29.2 Å². The summed E-state index contributed by atoms with van der Waals surface area (Å²) in [6, 6.07) is 7.27. The van der Waals surface area contributed by atoms with Gasteiger partial charge in [-0.05, 0) is 24.3 Å². The highest BCUT2D eigenvalue weighted by atomic mass is 35.5. The van der Waals surface area contributed by atoms with E-state index in [4.69, 9.17) is 21.1 Å². The zero-order chi connectivity index (χ0) is 22.0. The topological polar surface area (TPSA) is 117 Å². The number of amides is 3. The summed E-state index contributed by atoms with van der Waals surface area (Å²) in [6.45, 7) is 1.33. The molecule has 2 aliphatic rings. The van der Waals surface area contributed by atoms with Gasteiger partial charge in [0.1, 0.15) is 4.21 Å². The first-order valence-electron chi connectivity index (χ1n) is 9.29. The molecule has 166 valence electrons. The summed E-state index contributed by atoms with van der Waals surface area (Å²) >= 11 is 6.85. The third-order valence-electron chi connectivity index (χ3n) is 4.72. The van der Waals surface area contributed by atoms with E-state index >= 15 is 0 Å². The van der Waals surface area contributed by atoms with Gasteiger partial charge in [-0.15, -0.1) is 11.3 Å². The van der Waals surface area contributed by atoms with Crippen molar-refractivity contribution in [1.29, 1.82) is 0 Å². The van der Waals surface area contributed by atoms with Crippen LogP contribution in [-0.4, -0.2) is 69.1 Å². The van der Waals surface area contributed by atoms with Crippen LogP contribution in [0.25, 0.3) is 0 Å². The first kappa shape index (κ1) is 21.8. The van der Waals surface area contributed by atoms with Gasteiger partial charge in [0.25, 0.3) is 10.0 Å². The fraction of sp³-hybridized carbons (Fsp3) is 0.333. The number of hydrogen-bond acceptors (Lipinski definition) is 8. The van der Waals surface area contributed by atoms with Crippen molar-refractivity contribution in [3.63, 3.8) is 0 Å². The maximum absolute atomic E-state index is 12.6. The van der Waals surface area contributed by atoms with Gasteiger partial charge in [-0.1, -0.05) is 11.6 Å². The van der Waals surface area contributed by atoms with Crippen LogP contribution in [0.1, 0.15) is 0 Å². The van der Waals surface area contributed by atoms with Gasteiger partial charge in [0.15, 0.2) is 11.5 Å². The quantitative estimate of drug-likeness (QED) is 0.661. The Bertz CT molecular complexity index is 1100. The number of halogens is 1. The number of ether oxygens (including phenoxy) is 2. The molecule has 0 radical (unpaired) electrons. The van der Waals surface area contributed by atoms with Crippen LogP contribution in [0.2, 0.25) is 4.34 Å². The number of hydrogen-bond donors (Lipinski definition) is 2. The van der Waals surface area contributed by atoms with Crippen LogP contribution in [0.15, 0.2) is 34.5 Å². The highest BCUT2D eigenvalue weighted by Crippen LogP contribution is 2.34. The van der Waals surface area contributed by atoms with Gasteiger partial charge in [0.2, 0.25) is 12.7 Å². The smallest absolute Gasteiger partial charge is 0.325 e. The number of imide groups is 1. The number of anilines is 1. The molecule has 0 spiro atoms. The molecule has 3 heterocycles. The third-order valence-corrected chi connectivity index (χ3v) is 8.32.